The summed E-state index contributed by atoms with van der Waals surface area (Å²) in [5, 5.41) is 20.8. The van der Waals surface area contributed by atoms with Gasteiger partial charge in [0.15, 0.2) is 0 Å². The van der Waals surface area contributed by atoms with E-state index in [1.54, 1.807) is 48.5 Å². The molecule has 0 aromatic heterocycles. The third-order valence-corrected chi connectivity index (χ3v) is 4.96. The summed E-state index contributed by atoms with van der Waals surface area (Å²) in [5.74, 6) is 0.630. The van der Waals surface area contributed by atoms with Crippen molar-refractivity contribution >= 4 is 44.9 Å². The van der Waals surface area contributed by atoms with Crippen LogP contribution < -0.4 is 4.74 Å². The molecule has 0 heterocycles. The van der Waals surface area contributed by atoms with Gasteiger partial charge in [0.2, 0.25) is 0 Å². The Bertz CT molecular complexity index is 1100. The first kappa shape index (κ1) is 20.6. The van der Waals surface area contributed by atoms with E-state index in [2.05, 4.69) is 22.0 Å². The highest BCUT2D eigenvalue weighted by Crippen LogP contribution is 2.29. The summed E-state index contributed by atoms with van der Waals surface area (Å²) in [7, 11) is 0. The van der Waals surface area contributed by atoms with Gasteiger partial charge in [-0.25, -0.2) is 0 Å². The number of nitro groups is 1. The van der Waals surface area contributed by atoms with Crippen LogP contribution in [-0.4, -0.2) is 4.92 Å². The molecule has 0 unspecified atom stereocenters. The van der Waals surface area contributed by atoms with Gasteiger partial charge in [-0.1, -0.05) is 29.8 Å². The third-order valence-electron chi connectivity index (χ3n) is 4.08. The Morgan fingerprint density at radius 3 is 2.41 bits per heavy atom. The van der Waals surface area contributed by atoms with E-state index in [0.29, 0.717) is 16.3 Å². The van der Waals surface area contributed by atoms with Crippen molar-refractivity contribution in [1.82, 2.24) is 0 Å². The van der Waals surface area contributed by atoms with Gasteiger partial charge >= 0.3 is 0 Å². The second kappa shape index (κ2) is 9.37. The molecule has 5 nitrogen and oxygen atoms in total. The van der Waals surface area contributed by atoms with Gasteiger partial charge in [-0.3, -0.25) is 10.1 Å². The SMILES string of the molecule is N#C/C(=C/c1ccc(OCc2ccc([N+](=O)[O-])cc2)c(Br)c1)c1ccc(Cl)cc1. The number of ether oxygens (including phenoxy) is 1. The first-order chi connectivity index (χ1) is 14.0. The van der Waals surface area contributed by atoms with E-state index in [9.17, 15) is 15.4 Å². The van der Waals surface area contributed by atoms with E-state index in [4.69, 9.17) is 16.3 Å². The Kier molecular flexibility index (Phi) is 6.65. The molecular weight excluding hydrogens is 456 g/mol. The van der Waals surface area contributed by atoms with Crippen LogP contribution in [0.2, 0.25) is 5.02 Å². The van der Waals surface area contributed by atoms with Crippen LogP contribution in [0.3, 0.4) is 0 Å². The first-order valence-electron chi connectivity index (χ1n) is 8.49. The zero-order chi connectivity index (χ0) is 20.8. The molecule has 0 spiro atoms. The second-order valence-corrected chi connectivity index (χ2v) is 7.37. The standard InChI is InChI=1S/C22H14BrClN2O3/c23-21-12-16(11-18(13-25)17-4-6-19(24)7-5-17)3-10-22(21)29-14-15-1-8-20(9-2-15)26(27)28/h1-12H,14H2/b18-11-. The minimum atomic E-state index is -0.437. The Labute approximate surface area is 181 Å². The number of benzene rings is 3. The molecule has 3 rings (SSSR count). The fourth-order valence-electron chi connectivity index (χ4n) is 2.58. The van der Waals surface area contributed by atoms with Crippen LogP contribution in [-0.2, 0) is 6.61 Å². The van der Waals surface area contributed by atoms with Crippen LogP contribution in [0, 0.1) is 21.4 Å². The van der Waals surface area contributed by atoms with Crippen molar-refractivity contribution in [3.05, 3.63) is 103 Å². The van der Waals surface area contributed by atoms with Crippen molar-refractivity contribution in [3.8, 4) is 11.8 Å². The Morgan fingerprint density at radius 2 is 1.83 bits per heavy atom. The predicted octanol–water partition coefficient (Wildman–Crippen LogP) is 6.65. The molecule has 3 aromatic carbocycles. The average Bonchev–Trinajstić information content (AvgIpc) is 2.72. The van der Waals surface area contributed by atoms with Crippen molar-refractivity contribution in [3.63, 3.8) is 0 Å². The molecule has 7 heteroatoms. The molecular formula is C22H14BrClN2O3. The van der Waals surface area contributed by atoms with E-state index >= 15 is 0 Å². The Morgan fingerprint density at radius 1 is 1.14 bits per heavy atom. The number of hydrogen-bond donors (Lipinski definition) is 0. The Balaban J connectivity index is 1.73. The van der Waals surface area contributed by atoms with E-state index in [1.807, 2.05) is 12.1 Å². The number of non-ortho nitro benzene ring substituents is 1. The largest absolute Gasteiger partial charge is 0.488 e. The highest BCUT2D eigenvalue weighted by molar-refractivity contribution is 9.10. The van der Waals surface area contributed by atoms with Gasteiger partial charge in [-0.2, -0.15) is 5.26 Å². The van der Waals surface area contributed by atoms with Crippen LogP contribution in [0.1, 0.15) is 16.7 Å². The van der Waals surface area contributed by atoms with Crippen molar-refractivity contribution in [2.24, 2.45) is 0 Å². The van der Waals surface area contributed by atoms with Gasteiger partial charge in [0.1, 0.15) is 12.4 Å². The number of allylic oxidation sites excluding steroid dienone is 1. The molecule has 0 aliphatic rings. The molecule has 3 aromatic rings. The monoisotopic (exact) mass is 468 g/mol. The maximum Gasteiger partial charge on any atom is 0.269 e. The molecule has 0 N–H and O–H groups in total. The maximum absolute atomic E-state index is 10.7. The van der Waals surface area contributed by atoms with Gasteiger partial charge in [0, 0.05) is 17.2 Å². The van der Waals surface area contributed by atoms with E-state index < -0.39 is 4.92 Å². The minimum Gasteiger partial charge on any atom is -0.488 e. The first-order valence-corrected chi connectivity index (χ1v) is 9.67. The van der Waals surface area contributed by atoms with E-state index in [1.165, 1.54) is 12.1 Å². The lowest BCUT2D eigenvalue weighted by Gasteiger charge is -2.09. The van der Waals surface area contributed by atoms with Crippen molar-refractivity contribution in [2.45, 2.75) is 6.61 Å². The fourth-order valence-corrected chi connectivity index (χ4v) is 3.21. The fraction of sp³-hybridized carbons (Fsp3) is 0.0455. The Hall–Kier alpha value is -3.14. The molecule has 0 aliphatic heterocycles. The smallest absolute Gasteiger partial charge is 0.269 e. The minimum absolute atomic E-state index is 0.0417. The van der Waals surface area contributed by atoms with E-state index in [-0.39, 0.29) is 12.3 Å². The van der Waals surface area contributed by atoms with Crippen LogP contribution in [0.25, 0.3) is 11.6 Å². The molecule has 0 radical (unpaired) electrons. The van der Waals surface area contributed by atoms with Gasteiger partial charge in [-0.05, 0) is 75.1 Å². The predicted molar refractivity (Wildman–Crippen MR) is 117 cm³/mol. The molecule has 144 valence electrons. The molecule has 29 heavy (non-hydrogen) atoms. The number of rotatable bonds is 6. The number of halogens is 2. The summed E-state index contributed by atoms with van der Waals surface area (Å²) in [4.78, 5) is 10.3. The number of hydrogen-bond acceptors (Lipinski definition) is 4. The molecule has 0 aliphatic carbocycles. The second-order valence-electron chi connectivity index (χ2n) is 6.08. The van der Waals surface area contributed by atoms with Gasteiger partial charge in [0.25, 0.3) is 5.69 Å². The quantitative estimate of drug-likeness (QED) is 0.175. The zero-order valence-corrected chi connectivity index (χ0v) is 17.4. The van der Waals surface area contributed by atoms with Crippen molar-refractivity contribution in [1.29, 1.82) is 5.26 Å². The highest BCUT2D eigenvalue weighted by Gasteiger charge is 2.07. The number of nitro benzene ring substituents is 1. The number of nitriles is 1. The normalized spacial score (nSPS) is 11.0. The van der Waals surface area contributed by atoms with Gasteiger partial charge in [-0.15, -0.1) is 0 Å². The van der Waals surface area contributed by atoms with Crippen molar-refractivity contribution in [2.75, 3.05) is 0 Å². The molecule has 0 saturated heterocycles. The van der Waals surface area contributed by atoms with Gasteiger partial charge in [0.05, 0.1) is 21.0 Å². The summed E-state index contributed by atoms with van der Waals surface area (Å²) < 4.78 is 6.53. The lowest BCUT2D eigenvalue weighted by Crippen LogP contribution is -1.97. The number of nitrogens with zero attached hydrogens (tertiary/aromatic N) is 2. The van der Waals surface area contributed by atoms with E-state index in [0.717, 1.165) is 21.2 Å². The lowest BCUT2D eigenvalue weighted by atomic mass is 10.0. The topological polar surface area (TPSA) is 76.2 Å². The van der Waals surface area contributed by atoms with Crippen molar-refractivity contribution < 1.29 is 9.66 Å². The van der Waals surface area contributed by atoms with Gasteiger partial charge < -0.3 is 4.74 Å². The summed E-state index contributed by atoms with van der Waals surface area (Å²) in [6, 6.07) is 21.0. The summed E-state index contributed by atoms with van der Waals surface area (Å²) >= 11 is 9.39. The molecule has 0 atom stereocenters. The summed E-state index contributed by atoms with van der Waals surface area (Å²) in [6.45, 7) is 0.278. The molecule has 0 amide bonds. The van der Waals surface area contributed by atoms with Crippen LogP contribution in [0.4, 0.5) is 5.69 Å². The highest BCUT2D eigenvalue weighted by atomic mass is 79.9. The molecule has 0 bridgehead atoms. The molecule has 0 saturated carbocycles. The van der Waals surface area contributed by atoms with Crippen LogP contribution in [0.5, 0.6) is 5.75 Å². The summed E-state index contributed by atoms with van der Waals surface area (Å²) in [6.07, 6.45) is 1.79. The summed E-state index contributed by atoms with van der Waals surface area (Å²) in [5.41, 5.74) is 3.01. The van der Waals surface area contributed by atoms with Crippen LogP contribution >= 0.6 is 27.5 Å². The maximum atomic E-state index is 10.7. The molecule has 0 fully saturated rings. The van der Waals surface area contributed by atoms with Crippen LogP contribution in [0.15, 0.2) is 71.2 Å². The average molecular weight is 470 g/mol. The zero-order valence-electron chi connectivity index (χ0n) is 15.0. The lowest BCUT2D eigenvalue weighted by molar-refractivity contribution is -0.384. The third kappa shape index (κ3) is 5.44.